The van der Waals surface area contributed by atoms with Gasteiger partial charge >= 0.3 is 0 Å². The molecule has 1 fully saturated rings. The third kappa shape index (κ3) is 8.13. The van der Waals surface area contributed by atoms with Crippen LogP contribution in [0, 0.1) is 11.6 Å². The molecule has 3 aromatic rings. The number of halogens is 2. The third-order valence-electron chi connectivity index (χ3n) is 7.32. The maximum Gasteiger partial charge on any atom is 0.244 e. The van der Waals surface area contributed by atoms with Crippen molar-refractivity contribution in [2.45, 2.75) is 57.2 Å². The molecule has 41 heavy (non-hydrogen) atoms. The molecule has 1 aliphatic carbocycles. The maximum absolute atomic E-state index is 14.9. The van der Waals surface area contributed by atoms with Crippen LogP contribution in [0.25, 0.3) is 0 Å². The lowest BCUT2D eigenvalue weighted by molar-refractivity contribution is -0.140. The summed E-state index contributed by atoms with van der Waals surface area (Å²) in [6.07, 6.45) is 5.70. The molecule has 1 atom stereocenters. The molecular formula is C31H35F2N3O4S. The number of benzene rings is 3. The maximum atomic E-state index is 14.9. The summed E-state index contributed by atoms with van der Waals surface area (Å²) in [7, 11) is -4.11. The quantitative estimate of drug-likeness (QED) is 0.351. The van der Waals surface area contributed by atoms with E-state index in [1.165, 1.54) is 41.3 Å². The number of amides is 2. The number of nitrogens with one attached hydrogen (secondary N) is 1. The van der Waals surface area contributed by atoms with Crippen LogP contribution in [0.4, 0.5) is 14.5 Å². The van der Waals surface area contributed by atoms with Crippen LogP contribution in [-0.4, -0.2) is 50.0 Å². The van der Waals surface area contributed by atoms with E-state index in [2.05, 4.69) is 5.32 Å². The molecule has 1 N–H and O–H groups in total. The van der Waals surface area contributed by atoms with E-state index >= 15 is 0 Å². The number of nitrogens with zero attached hydrogens (tertiary/aromatic N) is 2. The SMILES string of the molecule is CS(=O)(=O)N(CC(=O)N(Cc1ccccc1F)[C@H](Cc1ccccc1)C(=O)NC1CCCCC1)c1ccccc1F. The molecule has 218 valence electrons. The number of anilines is 1. The fourth-order valence-electron chi connectivity index (χ4n) is 5.16. The Morgan fingerprint density at radius 2 is 1.49 bits per heavy atom. The van der Waals surface area contributed by atoms with Gasteiger partial charge in [-0.3, -0.25) is 13.9 Å². The van der Waals surface area contributed by atoms with Crippen LogP contribution in [0.3, 0.4) is 0 Å². The summed E-state index contributed by atoms with van der Waals surface area (Å²) in [5.41, 5.74) is 0.651. The van der Waals surface area contributed by atoms with E-state index < -0.39 is 46.1 Å². The van der Waals surface area contributed by atoms with E-state index in [9.17, 15) is 26.8 Å². The normalized spacial score (nSPS) is 14.7. The lowest BCUT2D eigenvalue weighted by atomic mass is 9.94. The molecule has 0 spiro atoms. The molecule has 1 aliphatic rings. The zero-order chi connectivity index (χ0) is 29.4. The second-order valence-electron chi connectivity index (χ2n) is 10.4. The van der Waals surface area contributed by atoms with Crippen LogP contribution in [0.15, 0.2) is 78.9 Å². The minimum atomic E-state index is -4.11. The lowest BCUT2D eigenvalue weighted by Gasteiger charge is -2.35. The van der Waals surface area contributed by atoms with Crippen LogP contribution in [-0.2, 0) is 32.6 Å². The minimum absolute atomic E-state index is 0.0501. The first kappa shape index (κ1) is 30.2. The van der Waals surface area contributed by atoms with Gasteiger partial charge in [-0.25, -0.2) is 17.2 Å². The Bertz CT molecular complexity index is 1450. The topological polar surface area (TPSA) is 86.8 Å². The number of carbonyl (C=O) groups excluding carboxylic acids is 2. The van der Waals surface area contributed by atoms with Gasteiger partial charge in [-0.1, -0.05) is 79.9 Å². The van der Waals surface area contributed by atoms with Crippen LogP contribution in [0.1, 0.15) is 43.2 Å². The molecule has 3 aromatic carbocycles. The predicted octanol–water partition coefficient (Wildman–Crippen LogP) is 4.82. The highest BCUT2D eigenvalue weighted by atomic mass is 32.2. The van der Waals surface area contributed by atoms with E-state index in [0.717, 1.165) is 50.0 Å². The summed E-state index contributed by atoms with van der Waals surface area (Å²) in [6.45, 7) is -1.05. The predicted molar refractivity (Wildman–Crippen MR) is 154 cm³/mol. The Hall–Kier alpha value is -3.79. The van der Waals surface area contributed by atoms with Gasteiger partial charge < -0.3 is 10.2 Å². The number of sulfonamides is 1. The summed E-state index contributed by atoms with van der Waals surface area (Å²) in [4.78, 5) is 29.1. The standard InChI is InChI=1S/C31H35F2N3O4S/c1-41(39,40)36(28-19-11-10-18-27(28)33)22-30(37)35(21-24-14-8-9-17-26(24)32)29(20-23-12-4-2-5-13-23)31(38)34-25-15-6-3-7-16-25/h2,4-5,8-14,17-19,25,29H,3,6-7,15-16,20-22H2,1H3,(H,34,38)/t29-/m1/s1. The molecule has 2 amide bonds. The Kier molecular flexibility index (Phi) is 10.1. The van der Waals surface area contributed by atoms with Gasteiger partial charge in [-0.15, -0.1) is 0 Å². The highest BCUT2D eigenvalue weighted by Gasteiger charge is 2.35. The number of hydrogen-bond acceptors (Lipinski definition) is 4. The van der Waals surface area contributed by atoms with Gasteiger partial charge in [-0.05, 0) is 36.6 Å². The molecule has 0 heterocycles. The van der Waals surface area contributed by atoms with E-state index in [1.807, 2.05) is 30.3 Å². The van der Waals surface area contributed by atoms with Gasteiger partial charge in [0.1, 0.15) is 24.2 Å². The Morgan fingerprint density at radius 1 is 0.878 bits per heavy atom. The second-order valence-corrected chi connectivity index (χ2v) is 12.3. The van der Waals surface area contributed by atoms with Crippen LogP contribution < -0.4 is 9.62 Å². The Morgan fingerprint density at radius 3 is 2.12 bits per heavy atom. The van der Waals surface area contributed by atoms with Crippen molar-refractivity contribution in [1.82, 2.24) is 10.2 Å². The highest BCUT2D eigenvalue weighted by Crippen LogP contribution is 2.24. The number of carbonyl (C=O) groups is 2. The molecule has 1 saturated carbocycles. The van der Waals surface area contributed by atoms with Crippen molar-refractivity contribution in [3.8, 4) is 0 Å². The molecule has 0 radical (unpaired) electrons. The molecule has 10 heteroatoms. The smallest absolute Gasteiger partial charge is 0.244 e. The van der Waals surface area contributed by atoms with Crippen molar-refractivity contribution in [1.29, 1.82) is 0 Å². The van der Waals surface area contributed by atoms with Crippen LogP contribution in [0.2, 0.25) is 0 Å². The largest absolute Gasteiger partial charge is 0.352 e. The molecule has 0 saturated heterocycles. The van der Waals surface area contributed by atoms with Crippen molar-refractivity contribution in [3.05, 3.63) is 102 Å². The third-order valence-corrected chi connectivity index (χ3v) is 8.45. The zero-order valence-electron chi connectivity index (χ0n) is 23.0. The van der Waals surface area contributed by atoms with Crippen molar-refractivity contribution in [2.75, 3.05) is 17.1 Å². The lowest BCUT2D eigenvalue weighted by Crippen LogP contribution is -2.55. The molecule has 0 unspecified atom stereocenters. The molecular weight excluding hydrogens is 548 g/mol. The first-order valence-corrected chi connectivity index (χ1v) is 15.6. The number of rotatable bonds is 11. The number of para-hydroxylation sites is 1. The van der Waals surface area contributed by atoms with E-state index in [0.29, 0.717) is 4.31 Å². The molecule has 0 aromatic heterocycles. The Labute approximate surface area is 240 Å². The van der Waals surface area contributed by atoms with Gasteiger partial charge in [0.15, 0.2) is 0 Å². The van der Waals surface area contributed by atoms with Gasteiger partial charge in [-0.2, -0.15) is 0 Å². The molecule has 7 nitrogen and oxygen atoms in total. The Balaban J connectivity index is 1.74. The first-order valence-electron chi connectivity index (χ1n) is 13.7. The van der Waals surface area contributed by atoms with E-state index in [4.69, 9.17) is 0 Å². The summed E-state index contributed by atoms with van der Waals surface area (Å²) in [6, 6.07) is 19.2. The fourth-order valence-corrected chi connectivity index (χ4v) is 6.01. The van der Waals surface area contributed by atoms with Gasteiger partial charge in [0.05, 0.1) is 11.9 Å². The molecule has 0 aliphatic heterocycles. The average Bonchev–Trinajstić information content (AvgIpc) is 2.95. The second kappa shape index (κ2) is 13.7. The first-order chi connectivity index (χ1) is 19.6. The molecule has 0 bridgehead atoms. The number of hydrogen-bond donors (Lipinski definition) is 1. The average molecular weight is 584 g/mol. The van der Waals surface area contributed by atoms with Crippen LogP contribution >= 0.6 is 0 Å². The van der Waals surface area contributed by atoms with Crippen molar-refractivity contribution in [2.24, 2.45) is 0 Å². The molecule has 4 rings (SSSR count). The van der Waals surface area contributed by atoms with Crippen molar-refractivity contribution < 1.29 is 26.8 Å². The van der Waals surface area contributed by atoms with E-state index in [-0.39, 0.29) is 30.3 Å². The van der Waals surface area contributed by atoms with E-state index in [1.54, 1.807) is 6.07 Å². The summed E-state index contributed by atoms with van der Waals surface area (Å²) in [5.74, 6) is -2.54. The van der Waals surface area contributed by atoms with Crippen LogP contribution in [0.5, 0.6) is 0 Å². The summed E-state index contributed by atoms with van der Waals surface area (Å²) < 4.78 is 55.8. The van der Waals surface area contributed by atoms with Crippen molar-refractivity contribution >= 4 is 27.5 Å². The summed E-state index contributed by atoms with van der Waals surface area (Å²) >= 11 is 0. The van der Waals surface area contributed by atoms with Gasteiger partial charge in [0.2, 0.25) is 21.8 Å². The zero-order valence-corrected chi connectivity index (χ0v) is 23.8. The summed E-state index contributed by atoms with van der Waals surface area (Å²) in [5, 5.41) is 3.08. The monoisotopic (exact) mass is 583 g/mol. The minimum Gasteiger partial charge on any atom is -0.352 e. The fraction of sp³-hybridized carbons (Fsp3) is 0.355. The van der Waals surface area contributed by atoms with Gasteiger partial charge in [0.25, 0.3) is 0 Å². The highest BCUT2D eigenvalue weighted by molar-refractivity contribution is 7.92. The van der Waals surface area contributed by atoms with Crippen molar-refractivity contribution in [3.63, 3.8) is 0 Å². The van der Waals surface area contributed by atoms with Gasteiger partial charge in [0, 0.05) is 24.6 Å².